The molecule has 0 spiro atoms. The Bertz CT molecular complexity index is 437. The Morgan fingerprint density at radius 3 is 2.92 bits per heavy atom. The van der Waals surface area contributed by atoms with Gasteiger partial charge in [-0.1, -0.05) is 0 Å². The van der Waals surface area contributed by atoms with E-state index in [1.807, 2.05) is 25.1 Å². The lowest BCUT2D eigenvalue weighted by atomic mass is 10.2. The van der Waals surface area contributed by atoms with Crippen molar-refractivity contribution in [2.75, 3.05) is 0 Å². The van der Waals surface area contributed by atoms with Crippen molar-refractivity contribution in [3.63, 3.8) is 0 Å². The predicted molar refractivity (Wildman–Crippen MR) is 52.2 cm³/mol. The Balaban J connectivity index is 2.79. The van der Waals surface area contributed by atoms with Gasteiger partial charge < -0.3 is 5.73 Å². The van der Waals surface area contributed by atoms with Crippen LogP contribution < -0.4 is 5.73 Å². The second-order valence-electron chi connectivity index (χ2n) is 2.99. The molecule has 3 heteroatoms. The molecule has 3 nitrogen and oxygen atoms in total. The second-order valence-corrected chi connectivity index (χ2v) is 2.99. The van der Waals surface area contributed by atoms with E-state index in [2.05, 4.69) is 9.97 Å². The van der Waals surface area contributed by atoms with Crippen molar-refractivity contribution in [1.82, 2.24) is 9.97 Å². The summed E-state index contributed by atoms with van der Waals surface area (Å²) in [4.78, 5) is 8.62. The van der Waals surface area contributed by atoms with Gasteiger partial charge in [0.05, 0.1) is 11.0 Å². The Morgan fingerprint density at radius 1 is 1.31 bits per heavy atom. The normalized spacial score (nSPS) is 10.6. The highest BCUT2D eigenvalue weighted by atomic mass is 14.8. The van der Waals surface area contributed by atoms with Crippen molar-refractivity contribution < 1.29 is 0 Å². The molecule has 2 aromatic rings. The van der Waals surface area contributed by atoms with Crippen LogP contribution in [0.3, 0.4) is 0 Å². The van der Waals surface area contributed by atoms with E-state index < -0.39 is 0 Å². The summed E-state index contributed by atoms with van der Waals surface area (Å²) in [5.41, 5.74) is 9.48. The van der Waals surface area contributed by atoms with Crippen LogP contribution >= 0.6 is 0 Å². The quantitative estimate of drug-likeness (QED) is 0.709. The van der Waals surface area contributed by atoms with Crippen LogP contribution in [-0.2, 0) is 6.54 Å². The van der Waals surface area contributed by atoms with Crippen LogP contribution in [0.1, 0.15) is 11.3 Å². The van der Waals surface area contributed by atoms with Gasteiger partial charge >= 0.3 is 0 Å². The van der Waals surface area contributed by atoms with E-state index in [0.29, 0.717) is 6.54 Å². The first kappa shape index (κ1) is 8.13. The van der Waals surface area contributed by atoms with Gasteiger partial charge in [0.2, 0.25) is 0 Å². The van der Waals surface area contributed by atoms with E-state index in [-0.39, 0.29) is 0 Å². The Hall–Kier alpha value is -1.48. The summed E-state index contributed by atoms with van der Waals surface area (Å²) in [7, 11) is 0. The second kappa shape index (κ2) is 3.11. The van der Waals surface area contributed by atoms with E-state index in [9.17, 15) is 0 Å². The monoisotopic (exact) mass is 173 g/mol. The molecule has 13 heavy (non-hydrogen) atoms. The minimum Gasteiger partial charge on any atom is -0.326 e. The van der Waals surface area contributed by atoms with Gasteiger partial charge in [-0.05, 0) is 30.7 Å². The third-order valence-corrected chi connectivity index (χ3v) is 2.03. The highest BCUT2D eigenvalue weighted by Crippen LogP contribution is 2.13. The molecular formula is C10H11N3. The van der Waals surface area contributed by atoms with Gasteiger partial charge in [0.1, 0.15) is 0 Å². The first-order valence-electron chi connectivity index (χ1n) is 4.22. The molecule has 0 aliphatic heterocycles. The lowest BCUT2D eigenvalue weighted by Gasteiger charge is -2.02. The SMILES string of the molecule is Cc1ccc2nccc(CN)c2n1. The van der Waals surface area contributed by atoms with Crippen molar-refractivity contribution in [1.29, 1.82) is 0 Å². The Labute approximate surface area is 76.6 Å². The first-order valence-corrected chi connectivity index (χ1v) is 4.22. The van der Waals surface area contributed by atoms with E-state index in [1.165, 1.54) is 0 Å². The topological polar surface area (TPSA) is 51.8 Å². The first-order chi connectivity index (χ1) is 6.31. The molecule has 0 bridgehead atoms. The minimum atomic E-state index is 0.509. The van der Waals surface area contributed by atoms with Gasteiger partial charge in [-0.15, -0.1) is 0 Å². The number of aromatic nitrogens is 2. The highest BCUT2D eigenvalue weighted by molar-refractivity contribution is 5.77. The fourth-order valence-electron chi connectivity index (χ4n) is 1.34. The number of fused-ring (bicyclic) bond motifs is 1. The zero-order chi connectivity index (χ0) is 9.26. The van der Waals surface area contributed by atoms with Crippen LogP contribution in [-0.4, -0.2) is 9.97 Å². The zero-order valence-electron chi connectivity index (χ0n) is 7.49. The van der Waals surface area contributed by atoms with Crippen LogP contribution in [0.4, 0.5) is 0 Å². The summed E-state index contributed by atoms with van der Waals surface area (Å²) >= 11 is 0. The number of hydrogen-bond donors (Lipinski definition) is 1. The van der Waals surface area contributed by atoms with Gasteiger partial charge in [-0.3, -0.25) is 9.97 Å². The summed E-state index contributed by atoms with van der Waals surface area (Å²) in [6, 6.07) is 5.83. The molecule has 2 heterocycles. The molecule has 0 unspecified atom stereocenters. The maximum atomic E-state index is 5.60. The molecule has 0 amide bonds. The molecule has 0 radical (unpaired) electrons. The molecule has 2 N–H and O–H groups in total. The summed E-state index contributed by atoms with van der Waals surface area (Å²) in [5, 5.41) is 0. The van der Waals surface area contributed by atoms with Crippen LogP contribution in [0.2, 0.25) is 0 Å². The van der Waals surface area contributed by atoms with E-state index in [0.717, 1.165) is 22.3 Å². The van der Waals surface area contributed by atoms with Gasteiger partial charge in [0.15, 0.2) is 0 Å². The van der Waals surface area contributed by atoms with Crippen LogP contribution in [0, 0.1) is 6.92 Å². The van der Waals surface area contributed by atoms with E-state index >= 15 is 0 Å². The Kier molecular flexibility index (Phi) is 1.94. The number of aryl methyl sites for hydroxylation is 1. The van der Waals surface area contributed by atoms with Crippen molar-refractivity contribution in [3.05, 3.63) is 35.7 Å². The fourth-order valence-corrected chi connectivity index (χ4v) is 1.34. The van der Waals surface area contributed by atoms with Gasteiger partial charge in [0.25, 0.3) is 0 Å². The summed E-state index contributed by atoms with van der Waals surface area (Å²) in [6.07, 6.45) is 1.77. The standard InChI is InChI=1S/C10H11N3/c1-7-2-3-9-10(13-7)8(6-11)4-5-12-9/h2-5H,6,11H2,1H3. The minimum absolute atomic E-state index is 0.509. The third kappa shape index (κ3) is 1.38. The van der Waals surface area contributed by atoms with Crippen molar-refractivity contribution in [3.8, 4) is 0 Å². The van der Waals surface area contributed by atoms with Gasteiger partial charge in [0, 0.05) is 18.4 Å². The number of hydrogen-bond acceptors (Lipinski definition) is 3. The van der Waals surface area contributed by atoms with Gasteiger partial charge in [-0.25, -0.2) is 0 Å². The van der Waals surface area contributed by atoms with Crippen LogP contribution in [0.15, 0.2) is 24.4 Å². The average Bonchev–Trinajstić information content (AvgIpc) is 2.17. The largest absolute Gasteiger partial charge is 0.326 e. The average molecular weight is 173 g/mol. The number of pyridine rings is 2. The molecule has 66 valence electrons. The van der Waals surface area contributed by atoms with Crippen molar-refractivity contribution >= 4 is 11.0 Å². The molecule has 0 saturated carbocycles. The molecule has 2 aromatic heterocycles. The summed E-state index contributed by atoms with van der Waals surface area (Å²) in [5.74, 6) is 0. The predicted octanol–water partition coefficient (Wildman–Crippen LogP) is 1.40. The summed E-state index contributed by atoms with van der Waals surface area (Å²) in [6.45, 7) is 2.47. The number of rotatable bonds is 1. The van der Waals surface area contributed by atoms with E-state index in [4.69, 9.17) is 5.73 Å². The molecule has 0 aromatic carbocycles. The molecule has 0 aliphatic rings. The number of nitrogens with zero attached hydrogens (tertiary/aromatic N) is 2. The maximum Gasteiger partial charge on any atom is 0.0934 e. The van der Waals surface area contributed by atoms with Crippen LogP contribution in [0.25, 0.3) is 11.0 Å². The van der Waals surface area contributed by atoms with Crippen molar-refractivity contribution in [2.45, 2.75) is 13.5 Å². The summed E-state index contributed by atoms with van der Waals surface area (Å²) < 4.78 is 0. The number of nitrogens with two attached hydrogens (primary N) is 1. The lowest BCUT2D eigenvalue weighted by Crippen LogP contribution is -1.99. The molecule has 0 fully saturated rings. The van der Waals surface area contributed by atoms with Gasteiger partial charge in [-0.2, -0.15) is 0 Å². The lowest BCUT2D eigenvalue weighted by molar-refractivity contribution is 1.06. The zero-order valence-corrected chi connectivity index (χ0v) is 7.49. The van der Waals surface area contributed by atoms with Crippen molar-refractivity contribution in [2.24, 2.45) is 5.73 Å². The fraction of sp³-hybridized carbons (Fsp3) is 0.200. The molecular weight excluding hydrogens is 162 g/mol. The molecule has 0 saturated heterocycles. The molecule has 0 atom stereocenters. The third-order valence-electron chi connectivity index (χ3n) is 2.03. The molecule has 0 aliphatic carbocycles. The van der Waals surface area contributed by atoms with Crippen LogP contribution in [0.5, 0.6) is 0 Å². The highest BCUT2D eigenvalue weighted by Gasteiger charge is 2.00. The smallest absolute Gasteiger partial charge is 0.0934 e. The Morgan fingerprint density at radius 2 is 2.15 bits per heavy atom. The molecule has 2 rings (SSSR count). The van der Waals surface area contributed by atoms with E-state index in [1.54, 1.807) is 6.20 Å². The maximum absolute atomic E-state index is 5.60.